The number of nitrogens with one attached hydrogen (secondary N) is 1. The van der Waals surface area contributed by atoms with Crippen molar-refractivity contribution in [1.29, 1.82) is 0 Å². The van der Waals surface area contributed by atoms with Crippen LogP contribution in [-0.2, 0) is 16.6 Å². The number of carbonyl (C=O) groups excluding carboxylic acids is 1. The number of fused-ring (bicyclic) bond motifs is 2. The molecule has 0 saturated heterocycles. The molecule has 4 N–H and O–H groups in total. The Kier molecular flexibility index (Phi) is 4.68. The molecule has 1 aliphatic heterocycles. The zero-order valence-electron chi connectivity index (χ0n) is 19.0. The van der Waals surface area contributed by atoms with Crippen molar-refractivity contribution in [3.8, 4) is 17.3 Å². The number of carbonyl (C=O) groups is 1. The number of rotatable bonds is 4. The Bertz CT molecular complexity index is 1670. The molecule has 178 valence electrons. The highest BCUT2D eigenvalue weighted by atomic mass is 19.1. The molecule has 0 aliphatic carbocycles. The van der Waals surface area contributed by atoms with Gasteiger partial charge in [-0.2, -0.15) is 5.10 Å². The Morgan fingerprint density at radius 3 is 2.72 bits per heavy atom. The largest absolute Gasteiger partial charge is 0.508 e. The van der Waals surface area contributed by atoms with Crippen LogP contribution in [0.2, 0.25) is 0 Å². The molecule has 0 unspecified atom stereocenters. The van der Waals surface area contributed by atoms with Gasteiger partial charge in [0, 0.05) is 6.42 Å². The molecule has 0 radical (unpaired) electrons. The van der Waals surface area contributed by atoms with E-state index in [4.69, 9.17) is 10.7 Å². The van der Waals surface area contributed by atoms with Crippen LogP contribution >= 0.6 is 0 Å². The summed E-state index contributed by atoms with van der Waals surface area (Å²) in [6, 6.07) is 12.5. The Labute approximate surface area is 203 Å². The summed E-state index contributed by atoms with van der Waals surface area (Å²) in [6.45, 7) is 1.70. The number of hydrogen-bond acceptors (Lipinski definition) is 8. The number of phenols is 1. The fourth-order valence-corrected chi connectivity index (χ4v) is 4.56. The van der Waals surface area contributed by atoms with E-state index in [1.165, 1.54) is 18.5 Å². The molecule has 0 bridgehead atoms. The van der Waals surface area contributed by atoms with Gasteiger partial charge in [-0.1, -0.05) is 24.3 Å². The first-order valence-electron chi connectivity index (χ1n) is 11.1. The van der Waals surface area contributed by atoms with Crippen molar-refractivity contribution in [3.05, 3.63) is 89.3 Å². The number of hydrogen-bond donors (Lipinski definition) is 3. The third-order valence-corrected chi connectivity index (χ3v) is 6.39. The summed E-state index contributed by atoms with van der Waals surface area (Å²) in [4.78, 5) is 31.1. The molecule has 0 saturated carbocycles. The molecule has 1 atom stereocenters. The third-order valence-electron chi connectivity index (χ3n) is 6.39. The van der Waals surface area contributed by atoms with Gasteiger partial charge >= 0.3 is 0 Å². The van der Waals surface area contributed by atoms with Crippen LogP contribution in [0.5, 0.6) is 5.75 Å². The lowest BCUT2D eigenvalue weighted by molar-refractivity contribution is -0.119. The van der Waals surface area contributed by atoms with Gasteiger partial charge in [0.1, 0.15) is 40.6 Å². The first-order chi connectivity index (χ1) is 17.3. The number of nitrogens with zero attached hydrogens (tertiary/aromatic N) is 6. The van der Waals surface area contributed by atoms with E-state index in [1.807, 2.05) is 6.07 Å². The minimum Gasteiger partial charge on any atom is -0.508 e. The summed E-state index contributed by atoms with van der Waals surface area (Å²) in [7, 11) is 0. The Hall–Kier alpha value is -4.93. The summed E-state index contributed by atoms with van der Waals surface area (Å²) < 4.78 is 15.1. The topological polar surface area (TPSA) is 144 Å². The summed E-state index contributed by atoms with van der Waals surface area (Å²) in [5.41, 5.74) is 8.54. The second-order valence-electron chi connectivity index (χ2n) is 8.69. The highest BCUT2D eigenvalue weighted by Crippen LogP contribution is 2.44. The number of nitrogens with two attached hydrogens (primary N) is 1. The minimum absolute atomic E-state index is 0.107. The Morgan fingerprint density at radius 2 is 1.94 bits per heavy atom. The molecule has 4 heterocycles. The predicted octanol–water partition coefficient (Wildman–Crippen LogP) is 2.86. The normalized spacial score (nSPS) is 16.8. The molecular weight excluding hydrogens is 463 g/mol. The van der Waals surface area contributed by atoms with Gasteiger partial charge in [-0.15, -0.1) is 0 Å². The van der Waals surface area contributed by atoms with Crippen molar-refractivity contribution in [2.75, 3.05) is 11.1 Å². The SMILES string of the molecule is C[C@@]1(c2ccc(F)cc2)C(=O)Nc2nc(-c3cn4ncnc4c(Cc4cccc(O)c4)n3)nc(N)c21. The maximum absolute atomic E-state index is 13.5. The van der Waals surface area contributed by atoms with Gasteiger partial charge < -0.3 is 16.2 Å². The second-order valence-corrected chi connectivity index (χ2v) is 8.69. The molecule has 0 spiro atoms. The average molecular weight is 482 g/mol. The molecule has 5 aromatic rings. The van der Waals surface area contributed by atoms with Crippen molar-refractivity contribution < 1.29 is 14.3 Å². The average Bonchev–Trinajstić information content (AvgIpc) is 3.42. The lowest BCUT2D eigenvalue weighted by Crippen LogP contribution is -2.33. The van der Waals surface area contributed by atoms with Gasteiger partial charge in [-0.05, 0) is 42.3 Å². The van der Waals surface area contributed by atoms with E-state index < -0.39 is 11.2 Å². The minimum atomic E-state index is -1.19. The van der Waals surface area contributed by atoms with Gasteiger partial charge in [0.2, 0.25) is 5.91 Å². The second kappa shape index (κ2) is 7.80. The molecule has 10 nitrogen and oxygen atoms in total. The number of nitrogen functional groups attached to an aromatic ring is 1. The van der Waals surface area contributed by atoms with E-state index in [9.17, 15) is 14.3 Å². The Morgan fingerprint density at radius 1 is 1.14 bits per heavy atom. The quantitative estimate of drug-likeness (QED) is 0.355. The predicted molar refractivity (Wildman–Crippen MR) is 129 cm³/mol. The van der Waals surface area contributed by atoms with Crippen LogP contribution in [-0.4, -0.2) is 40.6 Å². The van der Waals surface area contributed by atoms with Crippen molar-refractivity contribution >= 4 is 23.2 Å². The molecule has 11 heteroatoms. The molecule has 1 amide bonds. The van der Waals surface area contributed by atoms with Crippen LogP contribution in [0.3, 0.4) is 0 Å². The highest BCUT2D eigenvalue weighted by molar-refractivity contribution is 6.09. The fourth-order valence-electron chi connectivity index (χ4n) is 4.56. The number of anilines is 2. The Balaban J connectivity index is 1.46. The van der Waals surface area contributed by atoms with E-state index in [0.29, 0.717) is 34.6 Å². The summed E-state index contributed by atoms with van der Waals surface area (Å²) >= 11 is 0. The maximum Gasteiger partial charge on any atom is 0.240 e. The lowest BCUT2D eigenvalue weighted by Gasteiger charge is -2.23. The molecule has 36 heavy (non-hydrogen) atoms. The number of benzene rings is 2. The van der Waals surface area contributed by atoms with Crippen molar-refractivity contribution in [1.82, 2.24) is 29.5 Å². The standard InChI is InChI=1S/C25H19FN8O2/c1-25(14-5-7-15(26)8-6-14)19-20(27)31-21(32-22(19)33-24(25)36)18-11-34-23(28-12-29-34)17(30-18)10-13-3-2-4-16(35)9-13/h2-9,11-12,35H,10H2,1H3,(H3,27,31,32,33,36)/t25-/m0/s1. The molecule has 1 aliphatic rings. The van der Waals surface area contributed by atoms with Crippen molar-refractivity contribution in [2.24, 2.45) is 0 Å². The first kappa shape index (κ1) is 21.6. The summed E-state index contributed by atoms with van der Waals surface area (Å²) in [5.74, 6) is -0.0250. The number of aromatic nitrogens is 6. The van der Waals surface area contributed by atoms with Gasteiger partial charge in [0.05, 0.1) is 17.5 Å². The first-order valence-corrected chi connectivity index (χ1v) is 11.1. The number of aromatic hydroxyl groups is 1. The lowest BCUT2D eigenvalue weighted by atomic mass is 9.78. The van der Waals surface area contributed by atoms with E-state index in [1.54, 1.807) is 48.0 Å². The van der Waals surface area contributed by atoms with E-state index >= 15 is 0 Å². The number of amides is 1. The summed E-state index contributed by atoms with van der Waals surface area (Å²) in [5, 5.41) is 16.9. The van der Waals surface area contributed by atoms with Crippen LogP contribution in [0.25, 0.3) is 17.2 Å². The molecule has 0 fully saturated rings. The molecular formula is C25H19FN8O2. The molecule has 6 rings (SSSR count). The van der Waals surface area contributed by atoms with Gasteiger partial charge in [-0.25, -0.2) is 28.8 Å². The van der Waals surface area contributed by atoms with Crippen LogP contribution in [0.15, 0.2) is 61.1 Å². The number of halogens is 1. The number of phenolic OH excluding ortho intramolecular Hbond substituents is 1. The van der Waals surface area contributed by atoms with Crippen LogP contribution in [0.1, 0.15) is 29.3 Å². The highest BCUT2D eigenvalue weighted by Gasteiger charge is 2.47. The van der Waals surface area contributed by atoms with Crippen molar-refractivity contribution in [2.45, 2.75) is 18.8 Å². The van der Waals surface area contributed by atoms with Crippen LogP contribution < -0.4 is 11.1 Å². The molecule has 3 aromatic heterocycles. The van der Waals surface area contributed by atoms with Crippen molar-refractivity contribution in [3.63, 3.8) is 0 Å². The van der Waals surface area contributed by atoms with E-state index in [2.05, 4.69) is 25.4 Å². The summed E-state index contributed by atoms with van der Waals surface area (Å²) in [6.07, 6.45) is 3.43. The fraction of sp³-hybridized carbons (Fsp3) is 0.120. The van der Waals surface area contributed by atoms with E-state index in [0.717, 1.165) is 5.56 Å². The smallest absolute Gasteiger partial charge is 0.240 e. The van der Waals surface area contributed by atoms with Gasteiger partial charge in [0.25, 0.3) is 0 Å². The maximum atomic E-state index is 13.5. The molecule has 2 aromatic carbocycles. The zero-order valence-corrected chi connectivity index (χ0v) is 19.0. The van der Waals surface area contributed by atoms with E-state index in [-0.39, 0.29) is 29.1 Å². The van der Waals surface area contributed by atoms with Crippen LogP contribution in [0, 0.1) is 5.82 Å². The van der Waals surface area contributed by atoms with Gasteiger partial charge in [-0.3, -0.25) is 4.79 Å². The van der Waals surface area contributed by atoms with Crippen LogP contribution in [0.4, 0.5) is 16.0 Å². The monoisotopic (exact) mass is 482 g/mol. The zero-order chi connectivity index (χ0) is 25.0. The third kappa shape index (κ3) is 3.32. The van der Waals surface area contributed by atoms with Gasteiger partial charge in [0.15, 0.2) is 11.5 Å².